The number of carbonyl (C=O) groups excluding carboxylic acids is 3. The maximum atomic E-state index is 13.3. The minimum Gasteiger partial charge on any atom is -0.466 e. The topological polar surface area (TPSA) is 75.7 Å². The fourth-order valence-electron chi connectivity index (χ4n) is 3.65. The molecule has 156 valence electrons. The van der Waals surface area contributed by atoms with Crippen molar-refractivity contribution in [1.82, 2.24) is 0 Å². The Hall–Kier alpha value is -3.48. The lowest BCUT2D eigenvalue weighted by atomic mass is 9.88. The maximum Gasteiger partial charge on any atom is 0.336 e. The molecule has 0 aromatic heterocycles. The van der Waals surface area contributed by atoms with E-state index >= 15 is 0 Å². The number of hydrogen-bond acceptors (Lipinski definition) is 4. The van der Waals surface area contributed by atoms with Crippen molar-refractivity contribution in [1.29, 1.82) is 0 Å². The first-order valence-corrected chi connectivity index (χ1v) is 9.63. The van der Waals surface area contributed by atoms with Gasteiger partial charge in [0.25, 0.3) is 0 Å². The van der Waals surface area contributed by atoms with E-state index in [1.54, 1.807) is 19.1 Å². The number of para-hydroxylation sites is 1. The molecule has 2 aromatic carbocycles. The molecule has 0 bridgehead atoms. The molecule has 0 unspecified atom stereocenters. The van der Waals surface area contributed by atoms with E-state index in [0.29, 0.717) is 11.4 Å². The number of hydrogen-bond donors (Lipinski definition) is 1. The molecule has 1 heterocycles. The van der Waals surface area contributed by atoms with Crippen LogP contribution in [0.15, 0.2) is 59.8 Å². The van der Waals surface area contributed by atoms with Gasteiger partial charge in [-0.15, -0.1) is 0 Å². The second-order valence-corrected chi connectivity index (χ2v) is 6.95. The molecular weight excluding hydrogens is 387 g/mol. The Balaban J connectivity index is 2.00. The van der Waals surface area contributed by atoms with Crippen LogP contribution in [0.5, 0.6) is 0 Å². The number of amides is 2. The summed E-state index contributed by atoms with van der Waals surface area (Å²) >= 11 is 0. The molecule has 0 fully saturated rings. The van der Waals surface area contributed by atoms with Crippen molar-refractivity contribution in [2.24, 2.45) is 5.92 Å². The highest BCUT2D eigenvalue weighted by atomic mass is 19.1. The molecule has 2 amide bonds. The van der Waals surface area contributed by atoms with Crippen LogP contribution in [0.25, 0.3) is 0 Å². The number of methoxy groups -OCH3 is 1. The molecule has 3 rings (SSSR count). The van der Waals surface area contributed by atoms with Gasteiger partial charge in [-0.2, -0.15) is 0 Å². The molecule has 0 saturated carbocycles. The van der Waals surface area contributed by atoms with Gasteiger partial charge in [-0.25, -0.2) is 9.18 Å². The molecule has 1 atom stereocenters. The SMILES string of the molecule is CCc1ccccc1NC(=O)[C@@H]1CC(=O)N(c2ccc(F)cc2)C(C)=C1C(=O)OC. The van der Waals surface area contributed by atoms with Crippen LogP contribution in [-0.2, 0) is 25.5 Å². The van der Waals surface area contributed by atoms with Gasteiger partial charge in [0.2, 0.25) is 11.8 Å². The number of esters is 1. The zero-order chi connectivity index (χ0) is 21.8. The number of halogens is 1. The average Bonchev–Trinajstić information content (AvgIpc) is 2.74. The van der Waals surface area contributed by atoms with Crippen LogP contribution < -0.4 is 10.2 Å². The van der Waals surface area contributed by atoms with E-state index in [4.69, 9.17) is 4.74 Å². The van der Waals surface area contributed by atoms with Crippen molar-refractivity contribution < 1.29 is 23.5 Å². The van der Waals surface area contributed by atoms with Gasteiger partial charge in [0, 0.05) is 23.5 Å². The van der Waals surface area contributed by atoms with Crippen LogP contribution in [0, 0.1) is 11.7 Å². The summed E-state index contributed by atoms with van der Waals surface area (Å²) in [6, 6.07) is 12.7. The van der Waals surface area contributed by atoms with Gasteiger partial charge in [0.15, 0.2) is 0 Å². The highest BCUT2D eigenvalue weighted by Gasteiger charge is 2.40. The minimum atomic E-state index is -0.994. The smallest absolute Gasteiger partial charge is 0.336 e. The standard InChI is InChI=1S/C23H23FN2O4/c1-4-15-7-5-6-8-19(15)25-22(28)18-13-20(27)26(14(2)21(18)23(29)30-3)17-11-9-16(24)10-12-17/h5-12,18H,4,13H2,1-3H3,(H,25,28)/t18-/m1/s1. The number of allylic oxidation sites excluding steroid dienone is 1. The highest BCUT2D eigenvalue weighted by molar-refractivity contribution is 6.10. The molecule has 1 aliphatic rings. The molecule has 2 aromatic rings. The fourth-order valence-corrected chi connectivity index (χ4v) is 3.65. The van der Waals surface area contributed by atoms with Crippen LogP contribution in [0.1, 0.15) is 25.8 Å². The van der Waals surface area contributed by atoms with Gasteiger partial charge in [-0.3, -0.25) is 14.5 Å². The second kappa shape index (κ2) is 8.90. The van der Waals surface area contributed by atoms with Crippen molar-refractivity contribution in [3.05, 3.63) is 71.2 Å². The van der Waals surface area contributed by atoms with Crippen molar-refractivity contribution >= 4 is 29.2 Å². The minimum absolute atomic E-state index is 0.105. The Bertz CT molecular complexity index is 1010. The van der Waals surface area contributed by atoms with E-state index in [9.17, 15) is 18.8 Å². The van der Waals surface area contributed by atoms with Crippen LogP contribution in [0.3, 0.4) is 0 Å². The van der Waals surface area contributed by atoms with Gasteiger partial charge >= 0.3 is 5.97 Å². The number of nitrogens with one attached hydrogen (secondary N) is 1. The van der Waals surface area contributed by atoms with Gasteiger partial charge in [0.05, 0.1) is 18.6 Å². The third-order valence-electron chi connectivity index (χ3n) is 5.16. The maximum absolute atomic E-state index is 13.3. The molecule has 0 aliphatic carbocycles. The summed E-state index contributed by atoms with van der Waals surface area (Å²) in [4.78, 5) is 39.8. The van der Waals surface area contributed by atoms with Crippen LogP contribution >= 0.6 is 0 Å². The van der Waals surface area contributed by atoms with Crippen LogP contribution in [-0.4, -0.2) is 24.9 Å². The molecule has 0 radical (unpaired) electrons. The fraction of sp³-hybridized carbons (Fsp3) is 0.261. The van der Waals surface area contributed by atoms with Gasteiger partial charge in [-0.1, -0.05) is 25.1 Å². The average molecular weight is 410 g/mol. The third-order valence-corrected chi connectivity index (χ3v) is 5.16. The molecule has 1 aliphatic heterocycles. The summed E-state index contributed by atoms with van der Waals surface area (Å²) in [5.74, 6) is -2.94. The summed E-state index contributed by atoms with van der Waals surface area (Å²) in [6.07, 6.45) is 0.510. The number of nitrogens with zero attached hydrogens (tertiary/aromatic N) is 1. The molecule has 30 heavy (non-hydrogen) atoms. The van der Waals surface area contributed by atoms with Gasteiger partial charge < -0.3 is 10.1 Å². The van der Waals surface area contributed by atoms with Gasteiger partial charge in [0.1, 0.15) is 5.82 Å². The molecule has 0 spiro atoms. The summed E-state index contributed by atoms with van der Waals surface area (Å²) in [5.41, 5.74) is 2.39. The van der Waals surface area contributed by atoms with Crippen molar-refractivity contribution in [3.63, 3.8) is 0 Å². The van der Waals surface area contributed by atoms with E-state index in [-0.39, 0.29) is 23.6 Å². The van der Waals surface area contributed by atoms with E-state index in [1.165, 1.54) is 36.3 Å². The Morgan fingerprint density at radius 2 is 1.83 bits per heavy atom. The highest BCUT2D eigenvalue weighted by Crippen LogP contribution is 2.34. The first kappa shape index (κ1) is 21.2. The van der Waals surface area contributed by atoms with Crippen LogP contribution in [0.4, 0.5) is 15.8 Å². The quantitative estimate of drug-likeness (QED) is 0.761. The Labute approximate surface area is 174 Å². The van der Waals surface area contributed by atoms with E-state index < -0.39 is 23.6 Å². The molecule has 6 nitrogen and oxygen atoms in total. The first-order chi connectivity index (χ1) is 14.4. The summed E-state index contributed by atoms with van der Waals surface area (Å²) in [6.45, 7) is 3.55. The van der Waals surface area contributed by atoms with Gasteiger partial charge in [-0.05, 0) is 49.2 Å². The van der Waals surface area contributed by atoms with E-state index in [2.05, 4.69) is 5.32 Å². The Morgan fingerprint density at radius 3 is 2.47 bits per heavy atom. The Kier molecular flexibility index (Phi) is 6.30. The molecule has 1 N–H and O–H groups in total. The number of ether oxygens (including phenoxy) is 1. The van der Waals surface area contributed by atoms with Crippen molar-refractivity contribution in [2.75, 3.05) is 17.3 Å². The van der Waals surface area contributed by atoms with Crippen molar-refractivity contribution in [3.8, 4) is 0 Å². The number of anilines is 2. The number of aryl methyl sites for hydroxylation is 1. The van der Waals surface area contributed by atoms with Crippen LogP contribution in [0.2, 0.25) is 0 Å². The van der Waals surface area contributed by atoms with E-state index in [1.807, 2.05) is 19.1 Å². The lowest BCUT2D eigenvalue weighted by Gasteiger charge is -2.33. The zero-order valence-corrected chi connectivity index (χ0v) is 17.1. The van der Waals surface area contributed by atoms with Crippen molar-refractivity contribution in [2.45, 2.75) is 26.7 Å². The lowest BCUT2D eigenvalue weighted by molar-refractivity contribution is -0.138. The number of benzene rings is 2. The summed E-state index contributed by atoms with van der Waals surface area (Å²) in [7, 11) is 1.22. The first-order valence-electron chi connectivity index (χ1n) is 9.63. The summed E-state index contributed by atoms with van der Waals surface area (Å²) in [5, 5.41) is 2.84. The lowest BCUT2D eigenvalue weighted by Crippen LogP contribution is -2.43. The predicted octanol–water partition coefficient (Wildman–Crippen LogP) is 3.83. The van der Waals surface area contributed by atoms with E-state index in [0.717, 1.165) is 12.0 Å². The monoisotopic (exact) mass is 410 g/mol. The Morgan fingerprint density at radius 1 is 1.17 bits per heavy atom. The predicted molar refractivity (Wildman–Crippen MR) is 111 cm³/mol. The largest absolute Gasteiger partial charge is 0.466 e. The zero-order valence-electron chi connectivity index (χ0n) is 17.1. The number of rotatable bonds is 5. The summed E-state index contributed by atoms with van der Waals surface area (Å²) < 4.78 is 18.2. The normalized spacial score (nSPS) is 16.5. The molecule has 7 heteroatoms. The number of carbonyl (C=O) groups is 3. The third kappa shape index (κ3) is 4.10. The molecule has 0 saturated heterocycles. The second-order valence-electron chi connectivity index (χ2n) is 6.95. The molecular formula is C23H23FN2O4.